The third kappa shape index (κ3) is 3.47. The Kier molecular flexibility index (Phi) is 4.59. The number of aryl methyl sites for hydroxylation is 1. The lowest BCUT2D eigenvalue weighted by Gasteiger charge is -2.14. The van der Waals surface area contributed by atoms with Crippen LogP contribution in [0.5, 0.6) is 0 Å². The van der Waals surface area contributed by atoms with Crippen LogP contribution in [0.4, 0.5) is 0 Å². The Morgan fingerprint density at radius 3 is 2.56 bits per heavy atom. The van der Waals surface area contributed by atoms with Gasteiger partial charge in [0.25, 0.3) is 0 Å². The molecule has 0 spiro atoms. The number of nitrogens with two attached hydrogens (primary N) is 1. The first-order valence-electron chi connectivity index (χ1n) is 6.73. The van der Waals surface area contributed by atoms with Crippen LogP contribution in [-0.4, -0.2) is 10.6 Å². The third-order valence-electron chi connectivity index (χ3n) is 3.20. The van der Waals surface area contributed by atoms with Gasteiger partial charge in [-0.1, -0.05) is 37.3 Å². The maximum absolute atomic E-state index is 6.25. The fourth-order valence-electron chi connectivity index (χ4n) is 2.35. The van der Waals surface area contributed by atoms with Crippen molar-refractivity contribution in [1.82, 2.24) is 4.57 Å². The van der Waals surface area contributed by atoms with Crippen molar-refractivity contribution < 1.29 is 0 Å². The smallest absolute Gasteiger partial charge is 0.0219 e. The molecule has 18 heavy (non-hydrogen) atoms. The van der Waals surface area contributed by atoms with Gasteiger partial charge in [-0.15, -0.1) is 0 Å². The molecule has 2 aromatic rings. The monoisotopic (exact) mass is 242 g/mol. The van der Waals surface area contributed by atoms with Crippen LogP contribution >= 0.6 is 0 Å². The summed E-state index contributed by atoms with van der Waals surface area (Å²) in [5.74, 6) is 0. The summed E-state index contributed by atoms with van der Waals surface area (Å²) < 4.78 is 2.31. The van der Waals surface area contributed by atoms with Crippen LogP contribution in [0.25, 0.3) is 0 Å². The Morgan fingerprint density at radius 1 is 1.06 bits per heavy atom. The molecule has 1 aromatic carbocycles. The van der Waals surface area contributed by atoms with Crippen molar-refractivity contribution >= 4 is 0 Å². The molecule has 1 aromatic heterocycles. The standard InChI is InChI=1S/C16H22N2/c1-2-10-18-11-6-9-16(18)13-15(17)12-14-7-4-3-5-8-14/h3-9,11,15H,2,10,12-13,17H2,1H3. The molecular weight excluding hydrogens is 220 g/mol. The summed E-state index contributed by atoms with van der Waals surface area (Å²) in [6.07, 6.45) is 5.20. The van der Waals surface area contributed by atoms with Gasteiger partial charge in [0.15, 0.2) is 0 Å². The van der Waals surface area contributed by atoms with E-state index < -0.39 is 0 Å². The summed E-state index contributed by atoms with van der Waals surface area (Å²) in [6, 6.07) is 15.0. The second kappa shape index (κ2) is 6.41. The molecular formula is C16H22N2. The quantitative estimate of drug-likeness (QED) is 0.829. The molecule has 2 heteroatoms. The first kappa shape index (κ1) is 12.9. The molecule has 0 aliphatic heterocycles. The van der Waals surface area contributed by atoms with E-state index in [-0.39, 0.29) is 6.04 Å². The number of nitrogens with zero attached hydrogens (tertiary/aromatic N) is 1. The highest BCUT2D eigenvalue weighted by Gasteiger charge is 2.08. The van der Waals surface area contributed by atoms with Gasteiger partial charge in [0.1, 0.15) is 0 Å². The zero-order valence-electron chi connectivity index (χ0n) is 11.0. The minimum atomic E-state index is 0.193. The highest BCUT2D eigenvalue weighted by molar-refractivity contribution is 5.17. The zero-order chi connectivity index (χ0) is 12.8. The van der Waals surface area contributed by atoms with E-state index in [4.69, 9.17) is 5.73 Å². The number of aromatic nitrogens is 1. The highest BCUT2D eigenvalue weighted by atomic mass is 15.0. The van der Waals surface area contributed by atoms with Gasteiger partial charge in [0.2, 0.25) is 0 Å². The minimum absolute atomic E-state index is 0.193. The number of benzene rings is 1. The normalized spacial score (nSPS) is 12.6. The Balaban J connectivity index is 1.94. The van der Waals surface area contributed by atoms with Gasteiger partial charge in [0, 0.05) is 30.9 Å². The van der Waals surface area contributed by atoms with E-state index in [0.29, 0.717) is 0 Å². The van der Waals surface area contributed by atoms with Gasteiger partial charge in [-0.2, -0.15) is 0 Å². The fourth-order valence-corrected chi connectivity index (χ4v) is 2.35. The van der Waals surface area contributed by atoms with Crippen LogP contribution in [0.15, 0.2) is 48.7 Å². The van der Waals surface area contributed by atoms with Crippen molar-refractivity contribution in [1.29, 1.82) is 0 Å². The van der Waals surface area contributed by atoms with E-state index in [1.807, 2.05) is 6.07 Å². The van der Waals surface area contributed by atoms with Gasteiger partial charge in [0.05, 0.1) is 0 Å². The zero-order valence-corrected chi connectivity index (χ0v) is 11.0. The van der Waals surface area contributed by atoms with E-state index in [2.05, 4.69) is 54.1 Å². The molecule has 0 radical (unpaired) electrons. The molecule has 0 aliphatic rings. The maximum atomic E-state index is 6.25. The van der Waals surface area contributed by atoms with Crippen molar-refractivity contribution in [2.24, 2.45) is 5.73 Å². The van der Waals surface area contributed by atoms with E-state index in [1.54, 1.807) is 0 Å². The Morgan fingerprint density at radius 2 is 1.83 bits per heavy atom. The van der Waals surface area contributed by atoms with Gasteiger partial charge in [-0.05, 0) is 30.5 Å². The molecule has 0 saturated carbocycles. The van der Waals surface area contributed by atoms with Crippen LogP contribution in [0, 0.1) is 0 Å². The van der Waals surface area contributed by atoms with Crippen LogP contribution in [0.3, 0.4) is 0 Å². The van der Waals surface area contributed by atoms with Crippen molar-refractivity contribution in [3.8, 4) is 0 Å². The van der Waals surface area contributed by atoms with E-state index >= 15 is 0 Å². The summed E-state index contributed by atoms with van der Waals surface area (Å²) >= 11 is 0. The lowest BCUT2D eigenvalue weighted by atomic mass is 10.0. The molecule has 2 rings (SSSR count). The second-order valence-corrected chi connectivity index (χ2v) is 4.85. The van der Waals surface area contributed by atoms with Gasteiger partial charge in [-0.3, -0.25) is 0 Å². The SMILES string of the molecule is CCCn1cccc1CC(N)Cc1ccccc1. The topological polar surface area (TPSA) is 30.9 Å². The first-order valence-corrected chi connectivity index (χ1v) is 6.73. The Labute approximate surface area is 109 Å². The Hall–Kier alpha value is -1.54. The second-order valence-electron chi connectivity index (χ2n) is 4.85. The molecule has 0 amide bonds. The van der Waals surface area contributed by atoms with Gasteiger partial charge < -0.3 is 10.3 Å². The molecule has 96 valence electrons. The van der Waals surface area contributed by atoms with E-state index in [9.17, 15) is 0 Å². The fraction of sp³-hybridized carbons (Fsp3) is 0.375. The maximum Gasteiger partial charge on any atom is 0.0219 e. The summed E-state index contributed by atoms with van der Waals surface area (Å²) in [4.78, 5) is 0. The highest BCUT2D eigenvalue weighted by Crippen LogP contribution is 2.09. The molecule has 0 saturated heterocycles. The summed E-state index contributed by atoms with van der Waals surface area (Å²) in [5, 5.41) is 0. The minimum Gasteiger partial charge on any atom is -0.351 e. The third-order valence-corrected chi connectivity index (χ3v) is 3.20. The summed E-state index contributed by atoms with van der Waals surface area (Å²) in [5.41, 5.74) is 8.91. The van der Waals surface area contributed by atoms with Crippen LogP contribution < -0.4 is 5.73 Å². The predicted octanol–water partition coefficient (Wildman–Crippen LogP) is 3.01. The van der Waals surface area contributed by atoms with Crippen LogP contribution in [0.2, 0.25) is 0 Å². The molecule has 0 fully saturated rings. The lowest BCUT2D eigenvalue weighted by molar-refractivity contribution is 0.595. The predicted molar refractivity (Wildman–Crippen MR) is 76.5 cm³/mol. The van der Waals surface area contributed by atoms with Crippen LogP contribution in [-0.2, 0) is 19.4 Å². The first-order chi connectivity index (χ1) is 8.79. The van der Waals surface area contributed by atoms with E-state index in [1.165, 1.54) is 11.3 Å². The van der Waals surface area contributed by atoms with Gasteiger partial charge >= 0.3 is 0 Å². The van der Waals surface area contributed by atoms with Crippen LogP contribution in [0.1, 0.15) is 24.6 Å². The molecule has 2 nitrogen and oxygen atoms in total. The summed E-state index contributed by atoms with van der Waals surface area (Å²) in [7, 11) is 0. The lowest BCUT2D eigenvalue weighted by Crippen LogP contribution is -2.26. The largest absolute Gasteiger partial charge is 0.351 e. The van der Waals surface area contributed by atoms with Crippen molar-refractivity contribution in [2.45, 2.75) is 38.8 Å². The van der Waals surface area contributed by atoms with Crippen molar-refractivity contribution in [2.75, 3.05) is 0 Å². The van der Waals surface area contributed by atoms with Crippen molar-refractivity contribution in [3.63, 3.8) is 0 Å². The molecule has 0 aliphatic carbocycles. The van der Waals surface area contributed by atoms with Gasteiger partial charge in [-0.25, -0.2) is 0 Å². The molecule has 2 N–H and O–H groups in total. The number of hydrogen-bond acceptors (Lipinski definition) is 1. The van der Waals surface area contributed by atoms with Crippen molar-refractivity contribution in [3.05, 3.63) is 59.9 Å². The number of hydrogen-bond donors (Lipinski definition) is 1. The summed E-state index contributed by atoms with van der Waals surface area (Å²) in [6.45, 7) is 3.29. The molecule has 1 unspecified atom stereocenters. The average Bonchev–Trinajstić information content (AvgIpc) is 2.78. The van der Waals surface area contributed by atoms with E-state index in [0.717, 1.165) is 25.8 Å². The molecule has 1 heterocycles. The molecule has 1 atom stereocenters. The Bertz CT molecular complexity index is 459. The average molecular weight is 242 g/mol. The number of rotatable bonds is 6. The molecule has 0 bridgehead atoms.